The highest BCUT2D eigenvalue weighted by molar-refractivity contribution is 8.01. The minimum atomic E-state index is -3.80. The zero-order valence-electron chi connectivity index (χ0n) is 16.2. The van der Waals surface area contributed by atoms with Crippen LogP contribution >= 0.6 is 11.8 Å². The van der Waals surface area contributed by atoms with Crippen LogP contribution in [0, 0.1) is 5.92 Å². The SMILES string of the molecule is CC(C)CNC(=O)C1CSCN1S(=O)(=O)C1=Cc2ccc(OC(F)F)cc2CC1. The highest BCUT2D eigenvalue weighted by Crippen LogP contribution is 2.35. The Morgan fingerprint density at radius 1 is 1.34 bits per heavy atom. The molecule has 3 rings (SSSR count). The summed E-state index contributed by atoms with van der Waals surface area (Å²) in [6, 6.07) is 3.75. The van der Waals surface area contributed by atoms with E-state index in [2.05, 4.69) is 10.1 Å². The molecule has 1 atom stereocenters. The van der Waals surface area contributed by atoms with Crippen molar-refractivity contribution in [3.8, 4) is 5.75 Å². The first-order valence-corrected chi connectivity index (χ1v) is 11.9. The van der Waals surface area contributed by atoms with Crippen molar-refractivity contribution in [2.24, 2.45) is 5.92 Å². The number of hydrogen-bond acceptors (Lipinski definition) is 5. The number of sulfonamides is 1. The van der Waals surface area contributed by atoms with Crippen LogP contribution in [0.25, 0.3) is 6.08 Å². The lowest BCUT2D eigenvalue weighted by molar-refractivity contribution is -0.123. The Balaban J connectivity index is 1.80. The number of halogens is 2. The van der Waals surface area contributed by atoms with E-state index in [1.807, 2.05) is 13.8 Å². The molecule has 0 aromatic heterocycles. The van der Waals surface area contributed by atoms with Crippen molar-refractivity contribution in [2.75, 3.05) is 18.2 Å². The molecule has 1 amide bonds. The van der Waals surface area contributed by atoms with Gasteiger partial charge in [0.15, 0.2) is 0 Å². The maximum absolute atomic E-state index is 13.2. The highest BCUT2D eigenvalue weighted by atomic mass is 32.2. The number of carbonyl (C=O) groups is 1. The van der Waals surface area contributed by atoms with E-state index in [-0.39, 0.29) is 34.8 Å². The number of benzene rings is 1. The van der Waals surface area contributed by atoms with E-state index in [4.69, 9.17) is 0 Å². The van der Waals surface area contributed by atoms with Crippen molar-refractivity contribution in [1.82, 2.24) is 9.62 Å². The Bertz CT molecular complexity index is 903. The van der Waals surface area contributed by atoms with Crippen LogP contribution in [-0.2, 0) is 21.2 Å². The number of rotatable bonds is 7. The minimum absolute atomic E-state index is 0.0521. The van der Waals surface area contributed by atoms with Crippen molar-refractivity contribution < 1.29 is 26.7 Å². The summed E-state index contributed by atoms with van der Waals surface area (Å²) in [5, 5.41) is 2.81. The zero-order chi connectivity index (χ0) is 21.2. The number of fused-ring (bicyclic) bond motifs is 1. The molecule has 1 N–H and O–H groups in total. The van der Waals surface area contributed by atoms with Gasteiger partial charge in [0.2, 0.25) is 15.9 Å². The van der Waals surface area contributed by atoms with E-state index in [9.17, 15) is 22.0 Å². The van der Waals surface area contributed by atoms with Crippen molar-refractivity contribution in [2.45, 2.75) is 39.3 Å². The fourth-order valence-electron chi connectivity index (χ4n) is 3.27. The van der Waals surface area contributed by atoms with Crippen molar-refractivity contribution in [3.63, 3.8) is 0 Å². The monoisotopic (exact) mass is 446 g/mol. The van der Waals surface area contributed by atoms with Gasteiger partial charge in [-0.15, -0.1) is 11.8 Å². The van der Waals surface area contributed by atoms with Gasteiger partial charge >= 0.3 is 6.61 Å². The van der Waals surface area contributed by atoms with Crippen molar-refractivity contribution in [1.29, 1.82) is 0 Å². The fraction of sp³-hybridized carbons (Fsp3) is 0.526. The summed E-state index contributed by atoms with van der Waals surface area (Å²) in [5.41, 5.74) is 1.41. The minimum Gasteiger partial charge on any atom is -0.435 e. The molecular formula is C19H24F2N2O4S2. The molecular weight excluding hydrogens is 422 g/mol. The quantitative estimate of drug-likeness (QED) is 0.697. The molecule has 6 nitrogen and oxygen atoms in total. The molecule has 1 fully saturated rings. The van der Waals surface area contributed by atoms with Crippen LogP contribution < -0.4 is 10.1 Å². The van der Waals surface area contributed by atoms with Crippen LogP contribution in [0.5, 0.6) is 5.75 Å². The largest absolute Gasteiger partial charge is 0.435 e. The molecule has 0 spiro atoms. The van der Waals surface area contributed by atoms with Gasteiger partial charge in [0.25, 0.3) is 0 Å². The molecule has 2 aliphatic rings. The first kappa shape index (κ1) is 22.0. The van der Waals surface area contributed by atoms with Gasteiger partial charge < -0.3 is 10.1 Å². The second-order valence-corrected chi connectivity index (χ2v) is 10.3. The van der Waals surface area contributed by atoms with Gasteiger partial charge in [0.1, 0.15) is 11.8 Å². The topological polar surface area (TPSA) is 75.7 Å². The Labute approximate surface area is 173 Å². The van der Waals surface area contributed by atoms with Gasteiger partial charge in [-0.3, -0.25) is 4.79 Å². The van der Waals surface area contributed by atoms with Gasteiger partial charge in [-0.25, -0.2) is 8.42 Å². The molecule has 0 radical (unpaired) electrons. The number of hydrogen-bond donors (Lipinski definition) is 1. The Morgan fingerprint density at radius 3 is 2.79 bits per heavy atom. The summed E-state index contributed by atoms with van der Waals surface area (Å²) in [6.07, 6.45) is 2.20. The number of nitrogens with one attached hydrogen (secondary N) is 1. The number of carbonyl (C=O) groups excluding carboxylic acids is 1. The van der Waals surface area contributed by atoms with Crippen LogP contribution in [0.4, 0.5) is 8.78 Å². The molecule has 1 aromatic carbocycles. The molecule has 1 aliphatic carbocycles. The van der Waals surface area contributed by atoms with Crippen LogP contribution in [0.1, 0.15) is 31.4 Å². The average Bonchev–Trinajstić information content (AvgIpc) is 3.16. The first-order chi connectivity index (χ1) is 13.7. The lowest BCUT2D eigenvalue weighted by Crippen LogP contribution is -2.48. The highest BCUT2D eigenvalue weighted by Gasteiger charge is 2.41. The van der Waals surface area contributed by atoms with Gasteiger partial charge in [0, 0.05) is 12.3 Å². The van der Waals surface area contributed by atoms with Crippen LogP contribution in [0.2, 0.25) is 0 Å². The second kappa shape index (κ2) is 9.01. The number of thioether (sulfide) groups is 1. The van der Waals surface area contributed by atoms with E-state index >= 15 is 0 Å². The smallest absolute Gasteiger partial charge is 0.387 e. The predicted octanol–water partition coefficient (Wildman–Crippen LogP) is 3.05. The van der Waals surface area contributed by atoms with Gasteiger partial charge in [-0.05, 0) is 48.1 Å². The summed E-state index contributed by atoms with van der Waals surface area (Å²) in [6.45, 7) is 1.53. The molecule has 1 unspecified atom stereocenters. The summed E-state index contributed by atoms with van der Waals surface area (Å²) in [4.78, 5) is 12.7. The zero-order valence-corrected chi connectivity index (χ0v) is 17.9. The van der Waals surface area contributed by atoms with Crippen LogP contribution in [-0.4, -0.2) is 49.5 Å². The number of allylic oxidation sites excluding steroid dienone is 1. The van der Waals surface area contributed by atoms with Gasteiger partial charge in [-0.2, -0.15) is 13.1 Å². The maximum Gasteiger partial charge on any atom is 0.387 e. The molecule has 0 saturated carbocycles. The predicted molar refractivity (Wildman–Crippen MR) is 109 cm³/mol. The third-order valence-corrected chi connectivity index (χ3v) is 7.93. The lowest BCUT2D eigenvalue weighted by atomic mass is 9.97. The third kappa shape index (κ3) is 5.10. The molecule has 1 aliphatic heterocycles. The molecule has 0 bridgehead atoms. The third-order valence-electron chi connectivity index (χ3n) is 4.77. The van der Waals surface area contributed by atoms with Gasteiger partial charge in [0.05, 0.1) is 10.8 Å². The molecule has 1 saturated heterocycles. The van der Waals surface area contributed by atoms with Crippen LogP contribution in [0.3, 0.4) is 0 Å². The van der Waals surface area contributed by atoms with Crippen LogP contribution in [0.15, 0.2) is 23.1 Å². The van der Waals surface area contributed by atoms with Gasteiger partial charge in [-0.1, -0.05) is 19.9 Å². The van der Waals surface area contributed by atoms with E-state index < -0.39 is 22.7 Å². The molecule has 1 heterocycles. The number of amides is 1. The fourth-order valence-corrected chi connectivity index (χ4v) is 6.60. The summed E-state index contributed by atoms with van der Waals surface area (Å²) in [5.74, 6) is 0.693. The van der Waals surface area contributed by atoms with E-state index in [1.54, 1.807) is 12.1 Å². The molecule has 29 heavy (non-hydrogen) atoms. The summed E-state index contributed by atoms with van der Waals surface area (Å²) in [7, 11) is -3.80. The molecule has 1 aromatic rings. The second-order valence-electron chi connectivity index (χ2n) is 7.40. The Morgan fingerprint density at radius 2 is 2.10 bits per heavy atom. The number of nitrogens with zero attached hydrogens (tertiary/aromatic N) is 1. The number of aryl methyl sites for hydroxylation is 1. The summed E-state index contributed by atoms with van der Waals surface area (Å²) >= 11 is 1.41. The normalized spacial score (nSPS) is 19.9. The number of alkyl halides is 2. The van der Waals surface area contributed by atoms with E-state index in [0.29, 0.717) is 24.3 Å². The van der Waals surface area contributed by atoms with E-state index in [1.165, 1.54) is 28.2 Å². The summed E-state index contributed by atoms with van der Waals surface area (Å²) < 4.78 is 56.9. The van der Waals surface area contributed by atoms with Crippen molar-refractivity contribution in [3.05, 3.63) is 34.2 Å². The van der Waals surface area contributed by atoms with Crippen molar-refractivity contribution >= 4 is 33.8 Å². The number of ether oxygens (including phenoxy) is 1. The molecule has 160 valence electrons. The average molecular weight is 447 g/mol. The standard InChI is InChI=1S/C19H24F2N2O4S2/c1-12(2)9-22-18(24)17-10-28-11-23(17)29(25,26)16-6-4-13-7-15(27-19(20)21)5-3-14(13)8-16/h3,5,7-8,12,17,19H,4,6,9-11H2,1-2H3,(H,22,24). The van der Waals surface area contributed by atoms with E-state index in [0.717, 1.165) is 5.56 Å². The first-order valence-electron chi connectivity index (χ1n) is 9.34. The Hall–Kier alpha value is -1.65. The lowest BCUT2D eigenvalue weighted by Gasteiger charge is -2.26. The maximum atomic E-state index is 13.2. The molecule has 10 heteroatoms. The Kier molecular flexibility index (Phi) is 6.85.